The Labute approximate surface area is 126 Å². The van der Waals surface area contributed by atoms with Crippen LogP contribution in [0.4, 0.5) is 0 Å². The predicted octanol–water partition coefficient (Wildman–Crippen LogP) is 2.69. The van der Waals surface area contributed by atoms with Gasteiger partial charge in [-0.25, -0.2) is 4.98 Å². The molecule has 4 nitrogen and oxygen atoms in total. The summed E-state index contributed by atoms with van der Waals surface area (Å²) in [5, 5.41) is 3.49. The number of benzene rings is 1. The summed E-state index contributed by atoms with van der Waals surface area (Å²) in [5.41, 5.74) is 2.75. The van der Waals surface area contributed by atoms with Crippen LogP contribution in [-0.2, 0) is 13.0 Å². The van der Waals surface area contributed by atoms with E-state index in [0.29, 0.717) is 6.04 Å². The minimum Gasteiger partial charge on any atom is -0.445 e. The normalized spacial score (nSPS) is 19.8. The molecule has 1 fully saturated rings. The topological polar surface area (TPSA) is 41.3 Å². The van der Waals surface area contributed by atoms with Crippen LogP contribution in [-0.4, -0.2) is 29.5 Å². The molecule has 1 aliphatic heterocycles. The van der Waals surface area contributed by atoms with Crippen LogP contribution < -0.4 is 5.32 Å². The van der Waals surface area contributed by atoms with Gasteiger partial charge < -0.3 is 9.73 Å². The fourth-order valence-corrected chi connectivity index (χ4v) is 2.89. The molecule has 0 saturated carbocycles. The van der Waals surface area contributed by atoms with Crippen molar-refractivity contribution in [2.75, 3.05) is 19.6 Å². The molecule has 2 aromatic rings. The number of hydrogen-bond acceptors (Lipinski definition) is 4. The molecule has 1 unspecified atom stereocenters. The molecule has 2 heterocycles. The molecule has 1 saturated heterocycles. The molecular weight excluding hydrogens is 262 g/mol. The van der Waals surface area contributed by atoms with E-state index in [9.17, 15) is 0 Å². The summed E-state index contributed by atoms with van der Waals surface area (Å²) in [6.45, 7) is 7.91. The maximum Gasteiger partial charge on any atom is 0.208 e. The maximum absolute atomic E-state index is 5.63. The zero-order valence-corrected chi connectivity index (χ0v) is 12.8. The largest absolute Gasteiger partial charge is 0.445 e. The van der Waals surface area contributed by atoms with Gasteiger partial charge in [0.25, 0.3) is 0 Å². The molecule has 1 atom stereocenters. The molecule has 112 valence electrons. The van der Waals surface area contributed by atoms with Gasteiger partial charge in [0.05, 0.1) is 12.7 Å². The molecule has 21 heavy (non-hydrogen) atoms. The van der Waals surface area contributed by atoms with Crippen LogP contribution in [0.25, 0.3) is 0 Å². The minimum atomic E-state index is 0.386. The van der Waals surface area contributed by atoms with Gasteiger partial charge in [-0.1, -0.05) is 31.2 Å². The molecule has 0 amide bonds. The fraction of sp³-hybridized carbons (Fsp3) is 0.471. The van der Waals surface area contributed by atoms with Crippen molar-refractivity contribution in [1.82, 2.24) is 15.2 Å². The second kappa shape index (κ2) is 6.41. The number of rotatable bonds is 4. The van der Waals surface area contributed by atoms with Crippen LogP contribution >= 0.6 is 0 Å². The highest BCUT2D eigenvalue weighted by Gasteiger charge is 2.24. The van der Waals surface area contributed by atoms with Gasteiger partial charge >= 0.3 is 0 Å². The van der Waals surface area contributed by atoms with Gasteiger partial charge in [-0.3, -0.25) is 4.90 Å². The SMILES string of the molecule is CCc1ccc(C2CNCCN2Cc2ncc(C)o2)cc1. The first kappa shape index (κ1) is 14.3. The van der Waals surface area contributed by atoms with Gasteiger partial charge in [0.2, 0.25) is 5.89 Å². The van der Waals surface area contributed by atoms with E-state index in [1.165, 1.54) is 11.1 Å². The molecule has 0 radical (unpaired) electrons. The van der Waals surface area contributed by atoms with Crippen LogP contribution in [0.2, 0.25) is 0 Å². The Hall–Kier alpha value is -1.65. The summed E-state index contributed by atoms with van der Waals surface area (Å²) in [6, 6.07) is 9.36. The van der Waals surface area contributed by atoms with Crippen LogP contribution in [0.1, 0.15) is 35.7 Å². The first-order chi connectivity index (χ1) is 10.3. The molecule has 1 N–H and O–H groups in total. The Balaban J connectivity index is 1.76. The maximum atomic E-state index is 5.63. The lowest BCUT2D eigenvalue weighted by atomic mass is 10.0. The Kier molecular flexibility index (Phi) is 4.36. The molecule has 0 bridgehead atoms. The zero-order valence-electron chi connectivity index (χ0n) is 12.8. The van der Waals surface area contributed by atoms with Crippen molar-refractivity contribution < 1.29 is 4.42 Å². The zero-order chi connectivity index (χ0) is 14.7. The third-order valence-corrected chi connectivity index (χ3v) is 4.13. The summed E-state index contributed by atoms with van der Waals surface area (Å²) >= 11 is 0. The Bertz CT molecular complexity index is 576. The number of nitrogens with one attached hydrogen (secondary N) is 1. The highest BCUT2D eigenvalue weighted by Crippen LogP contribution is 2.24. The summed E-state index contributed by atoms with van der Waals surface area (Å²) < 4.78 is 5.63. The number of nitrogens with zero attached hydrogens (tertiary/aromatic N) is 2. The molecule has 1 aromatic heterocycles. The van der Waals surface area contributed by atoms with E-state index < -0.39 is 0 Å². The van der Waals surface area contributed by atoms with Crippen molar-refractivity contribution in [2.45, 2.75) is 32.9 Å². The van der Waals surface area contributed by atoms with Gasteiger partial charge in [0.1, 0.15) is 5.76 Å². The van der Waals surface area contributed by atoms with Crippen LogP contribution in [0.3, 0.4) is 0 Å². The number of piperazine rings is 1. The lowest BCUT2D eigenvalue weighted by molar-refractivity contribution is 0.139. The molecule has 0 spiro atoms. The van der Waals surface area contributed by atoms with Crippen LogP contribution in [0.5, 0.6) is 0 Å². The number of aromatic nitrogens is 1. The number of oxazole rings is 1. The fourth-order valence-electron chi connectivity index (χ4n) is 2.89. The van der Waals surface area contributed by atoms with Crippen molar-refractivity contribution in [1.29, 1.82) is 0 Å². The van der Waals surface area contributed by atoms with E-state index in [4.69, 9.17) is 4.42 Å². The first-order valence-electron chi connectivity index (χ1n) is 7.71. The van der Waals surface area contributed by atoms with Crippen molar-refractivity contribution in [3.05, 3.63) is 53.2 Å². The van der Waals surface area contributed by atoms with E-state index in [1.807, 2.05) is 6.92 Å². The van der Waals surface area contributed by atoms with Crippen molar-refractivity contribution in [3.63, 3.8) is 0 Å². The lowest BCUT2D eigenvalue weighted by Crippen LogP contribution is -2.45. The average Bonchev–Trinajstić information content (AvgIpc) is 2.93. The van der Waals surface area contributed by atoms with Crippen LogP contribution in [0.15, 0.2) is 34.9 Å². The van der Waals surface area contributed by atoms with E-state index in [1.54, 1.807) is 6.20 Å². The van der Waals surface area contributed by atoms with Crippen molar-refractivity contribution >= 4 is 0 Å². The van der Waals surface area contributed by atoms with Crippen molar-refractivity contribution in [3.8, 4) is 0 Å². The predicted molar refractivity (Wildman–Crippen MR) is 83.1 cm³/mol. The van der Waals surface area contributed by atoms with Gasteiger partial charge in [0, 0.05) is 25.7 Å². The van der Waals surface area contributed by atoms with Gasteiger partial charge in [-0.2, -0.15) is 0 Å². The standard InChI is InChI=1S/C17H23N3O/c1-3-14-4-6-15(7-5-14)16-11-18-8-9-20(16)12-17-19-10-13(2)21-17/h4-7,10,16,18H,3,8-9,11-12H2,1-2H3. The smallest absolute Gasteiger partial charge is 0.208 e. The van der Waals surface area contributed by atoms with Gasteiger partial charge in [0.15, 0.2) is 0 Å². The monoisotopic (exact) mass is 285 g/mol. The average molecular weight is 285 g/mol. The van der Waals surface area contributed by atoms with E-state index in [-0.39, 0.29) is 0 Å². The molecule has 1 aromatic carbocycles. The highest BCUT2D eigenvalue weighted by atomic mass is 16.4. The summed E-state index contributed by atoms with van der Waals surface area (Å²) in [5.74, 6) is 1.69. The Morgan fingerprint density at radius 3 is 2.81 bits per heavy atom. The van der Waals surface area contributed by atoms with E-state index in [0.717, 1.165) is 44.3 Å². The van der Waals surface area contributed by atoms with E-state index in [2.05, 4.69) is 46.4 Å². The molecule has 4 heteroatoms. The van der Waals surface area contributed by atoms with Gasteiger partial charge in [-0.15, -0.1) is 0 Å². The molecule has 1 aliphatic rings. The van der Waals surface area contributed by atoms with Crippen LogP contribution in [0, 0.1) is 6.92 Å². The third-order valence-electron chi connectivity index (χ3n) is 4.13. The quantitative estimate of drug-likeness (QED) is 0.938. The summed E-state index contributed by atoms with van der Waals surface area (Å²) in [6.07, 6.45) is 2.88. The molecular formula is C17H23N3O. The number of aryl methyl sites for hydroxylation is 2. The summed E-state index contributed by atoms with van der Waals surface area (Å²) in [4.78, 5) is 6.78. The second-order valence-corrected chi connectivity index (χ2v) is 5.65. The third kappa shape index (κ3) is 3.34. The second-order valence-electron chi connectivity index (χ2n) is 5.65. The Morgan fingerprint density at radius 2 is 2.14 bits per heavy atom. The molecule has 3 rings (SSSR count). The Morgan fingerprint density at radius 1 is 1.33 bits per heavy atom. The first-order valence-corrected chi connectivity index (χ1v) is 7.71. The molecule has 0 aliphatic carbocycles. The summed E-state index contributed by atoms with van der Waals surface area (Å²) in [7, 11) is 0. The highest BCUT2D eigenvalue weighted by molar-refractivity contribution is 5.25. The minimum absolute atomic E-state index is 0.386. The van der Waals surface area contributed by atoms with E-state index >= 15 is 0 Å². The number of hydrogen-bond donors (Lipinski definition) is 1. The van der Waals surface area contributed by atoms with Crippen molar-refractivity contribution in [2.24, 2.45) is 0 Å². The lowest BCUT2D eigenvalue weighted by Gasteiger charge is -2.35. The van der Waals surface area contributed by atoms with Gasteiger partial charge in [-0.05, 0) is 24.5 Å².